The SMILES string of the molecule is Cc1ccc(C)c(N(C(=O)C2CCN(C3=NS(=O)(=O)c4ccccc43)CC2)C(C)C)c1. The van der Waals surface area contributed by atoms with Gasteiger partial charge in [-0.25, -0.2) is 0 Å². The Balaban J connectivity index is 1.52. The Morgan fingerprint density at radius 1 is 1.10 bits per heavy atom. The molecule has 1 saturated heterocycles. The van der Waals surface area contributed by atoms with E-state index in [0.717, 1.165) is 16.8 Å². The quantitative estimate of drug-likeness (QED) is 0.727. The van der Waals surface area contributed by atoms with Crippen molar-refractivity contribution in [2.75, 3.05) is 18.0 Å². The summed E-state index contributed by atoms with van der Waals surface area (Å²) in [5, 5.41) is 0. The third-order valence-electron chi connectivity index (χ3n) is 6.13. The zero-order valence-electron chi connectivity index (χ0n) is 18.5. The van der Waals surface area contributed by atoms with Crippen molar-refractivity contribution in [3.8, 4) is 0 Å². The zero-order chi connectivity index (χ0) is 22.3. The number of amidine groups is 1. The number of amides is 1. The molecule has 4 rings (SSSR count). The lowest BCUT2D eigenvalue weighted by Gasteiger charge is -2.37. The molecule has 0 aromatic heterocycles. The minimum absolute atomic E-state index is 0.0576. The molecule has 2 aliphatic heterocycles. The average molecular weight is 440 g/mol. The Morgan fingerprint density at radius 2 is 1.77 bits per heavy atom. The molecule has 0 unspecified atom stereocenters. The molecule has 0 atom stereocenters. The van der Waals surface area contributed by atoms with Crippen LogP contribution in [0.4, 0.5) is 5.69 Å². The predicted molar refractivity (Wildman–Crippen MR) is 123 cm³/mol. The molecule has 0 spiro atoms. The van der Waals surface area contributed by atoms with Gasteiger partial charge in [0.1, 0.15) is 4.90 Å². The maximum absolute atomic E-state index is 13.5. The van der Waals surface area contributed by atoms with E-state index in [1.165, 1.54) is 0 Å². The Hall–Kier alpha value is -2.67. The molecule has 7 heteroatoms. The maximum atomic E-state index is 13.5. The van der Waals surface area contributed by atoms with Crippen LogP contribution in [0.2, 0.25) is 0 Å². The minimum Gasteiger partial charge on any atom is -0.355 e. The number of nitrogens with zero attached hydrogens (tertiary/aromatic N) is 3. The summed E-state index contributed by atoms with van der Waals surface area (Å²) in [6.45, 7) is 9.39. The van der Waals surface area contributed by atoms with Crippen LogP contribution in [0.5, 0.6) is 0 Å². The van der Waals surface area contributed by atoms with Crippen molar-refractivity contribution in [2.24, 2.45) is 10.3 Å². The molecule has 0 aliphatic carbocycles. The van der Waals surface area contributed by atoms with Gasteiger partial charge in [-0.1, -0.05) is 24.3 Å². The number of rotatable bonds is 3. The monoisotopic (exact) mass is 439 g/mol. The molecular weight excluding hydrogens is 410 g/mol. The van der Waals surface area contributed by atoms with Gasteiger partial charge in [0.05, 0.1) is 0 Å². The van der Waals surface area contributed by atoms with Crippen LogP contribution >= 0.6 is 0 Å². The zero-order valence-corrected chi connectivity index (χ0v) is 19.3. The first-order chi connectivity index (χ1) is 14.7. The van der Waals surface area contributed by atoms with Crippen LogP contribution in [0.15, 0.2) is 51.8 Å². The van der Waals surface area contributed by atoms with Gasteiger partial charge in [-0.05, 0) is 69.9 Å². The Kier molecular flexibility index (Phi) is 5.64. The fraction of sp³-hybridized carbons (Fsp3) is 0.417. The Bertz CT molecular complexity index is 1150. The highest BCUT2D eigenvalue weighted by atomic mass is 32.2. The number of anilines is 1. The molecule has 2 aromatic carbocycles. The number of likely N-dealkylation sites (tertiary alicyclic amines) is 1. The molecule has 6 nitrogen and oxygen atoms in total. The molecule has 164 valence electrons. The smallest absolute Gasteiger partial charge is 0.285 e. The molecule has 1 fully saturated rings. The van der Waals surface area contributed by atoms with Gasteiger partial charge in [-0.3, -0.25) is 4.79 Å². The second-order valence-corrected chi connectivity index (χ2v) is 10.3. The van der Waals surface area contributed by atoms with E-state index in [4.69, 9.17) is 0 Å². The number of piperidine rings is 1. The van der Waals surface area contributed by atoms with E-state index in [1.54, 1.807) is 18.2 Å². The number of carbonyl (C=O) groups excluding carboxylic acids is 1. The summed E-state index contributed by atoms with van der Waals surface area (Å²) in [6, 6.07) is 13.2. The van der Waals surface area contributed by atoms with Crippen molar-refractivity contribution in [3.05, 3.63) is 59.2 Å². The van der Waals surface area contributed by atoms with E-state index in [2.05, 4.69) is 22.6 Å². The van der Waals surface area contributed by atoms with Crippen LogP contribution in [0.1, 0.15) is 43.4 Å². The molecule has 31 heavy (non-hydrogen) atoms. The van der Waals surface area contributed by atoms with Gasteiger partial charge >= 0.3 is 0 Å². The third kappa shape index (κ3) is 3.99. The molecule has 0 radical (unpaired) electrons. The highest BCUT2D eigenvalue weighted by molar-refractivity contribution is 7.90. The predicted octanol–water partition coefficient (Wildman–Crippen LogP) is 3.91. The highest BCUT2D eigenvalue weighted by Crippen LogP contribution is 2.32. The average Bonchev–Trinajstić information content (AvgIpc) is 3.02. The van der Waals surface area contributed by atoms with E-state index in [9.17, 15) is 13.2 Å². The normalized spacial score (nSPS) is 18.1. The van der Waals surface area contributed by atoms with Gasteiger partial charge in [0.2, 0.25) is 5.91 Å². The van der Waals surface area contributed by atoms with Crippen molar-refractivity contribution in [1.29, 1.82) is 0 Å². The largest absolute Gasteiger partial charge is 0.355 e. The number of hydrogen-bond acceptors (Lipinski definition) is 4. The summed E-state index contributed by atoms with van der Waals surface area (Å²) < 4.78 is 28.8. The van der Waals surface area contributed by atoms with Crippen LogP contribution < -0.4 is 4.90 Å². The summed E-state index contributed by atoms with van der Waals surface area (Å²) in [4.78, 5) is 17.7. The van der Waals surface area contributed by atoms with Gasteiger partial charge in [0.25, 0.3) is 10.0 Å². The van der Waals surface area contributed by atoms with E-state index in [-0.39, 0.29) is 22.8 Å². The molecular formula is C24H29N3O3S. The highest BCUT2D eigenvalue weighted by Gasteiger charge is 2.36. The van der Waals surface area contributed by atoms with E-state index in [0.29, 0.717) is 37.3 Å². The second-order valence-electron chi connectivity index (χ2n) is 8.74. The number of benzene rings is 2. The Morgan fingerprint density at radius 3 is 2.45 bits per heavy atom. The first kappa shape index (κ1) is 21.6. The van der Waals surface area contributed by atoms with Gasteiger partial charge in [0, 0.05) is 36.3 Å². The molecule has 2 heterocycles. The van der Waals surface area contributed by atoms with Gasteiger partial charge < -0.3 is 9.80 Å². The first-order valence-corrected chi connectivity index (χ1v) is 12.2. The fourth-order valence-corrected chi connectivity index (χ4v) is 5.71. The second kappa shape index (κ2) is 8.11. The Labute approximate surface area is 184 Å². The molecule has 2 aliphatic rings. The molecule has 0 saturated carbocycles. The molecule has 0 bridgehead atoms. The number of hydrogen-bond donors (Lipinski definition) is 0. The van der Waals surface area contributed by atoms with Crippen LogP contribution in [-0.2, 0) is 14.8 Å². The lowest BCUT2D eigenvalue weighted by atomic mass is 9.93. The van der Waals surface area contributed by atoms with Crippen molar-refractivity contribution < 1.29 is 13.2 Å². The standard InChI is InChI=1S/C24H29N3O3S/c1-16(2)27(21-15-17(3)9-10-18(21)4)24(28)19-11-13-26(14-12-19)23-20-7-5-6-8-22(20)31(29,30)25-23/h5-10,15-16,19H,11-14H2,1-4H3. The fourth-order valence-electron chi connectivity index (χ4n) is 4.48. The summed E-state index contributed by atoms with van der Waals surface area (Å²) in [6.07, 6.45) is 1.35. The van der Waals surface area contributed by atoms with Gasteiger partial charge in [-0.2, -0.15) is 8.42 Å². The number of carbonyl (C=O) groups is 1. The number of sulfonamides is 1. The summed E-state index contributed by atoms with van der Waals surface area (Å²) in [5.74, 6) is 0.564. The summed E-state index contributed by atoms with van der Waals surface area (Å²) >= 11 is 0. The maximum Gasteiger partial charge on any atom is 0.285 e. The van der Waals surface area contributed by atoms with Crippen LogP contribution in [0, 0.1) is 19.8 Å². The van der Waals surface area contributed by atoms with E-state index < -0.39 is 10.0 Å². The van der Waals surface area contributed by atoms with Crippen LogP contribution in [0.3, 0.4) is 0 Å². The van der Waals surface area contributed by atoms with Crippen molar-refractivity contribution in [1.82, 2.24) is 4.90 Å². The molecule has 0 N–H and O–H groups in total. The van der Waals surface area contributed by atoms with Gasteiger partial charge in [-0.15, -0.1) is 4.40 Å². The first-order valence-electron chi connectivity index (χ1n) is 10.8. The lowest BCUT2D eigenvalue weighted by Crippen LogP contribution is -2.46. The van der Waals surface area contributed by atoms with Crippen LogP contribution in [0.25, 0.3) is 0 Å². The molecule has 1 amide bonds. The molecule has 2 aromatic rings. The minimum atomic E-state index is -3.63. The van der Waals surface area contributed by atoms with E-state index >= 15 is 0 Å². The van der Waals surface area contributed by atoms with Gasteiger partial charge in [0.15, 0.2) is 5.84 Å². The van der Waals surface area contributed by atoms with Crippen molar-refractivity contribution in [3.63, 3.8) is 0 Å². The van der Waals surface area contributed by atoms with Crippen LogP contribution in [-0.4, -0.2) is 44.2 Å². The van der Waals surface area contributed by atoms with Crippen molar-refractivity contribution >= 4 is 27.5 Å². The van der Waals surface area contributed by atoms with E-state index in [1.807, 2.05) is 43.6 Å². The number of fused-ring (bicyclic) bond motifs is 1. The topological polar surface area (TPSA) is 70.1 Å². The number of aryl methyl sites for hydroxylation is 2. The summed E-state index contributed by atoms with van der Waals surface area (Å²) in [7, 11) is -3.63. The summed E-state index contributed by atoms with van der Waals surface area (Å²) in [5.41, 5.74) is 3.86. The van der Waals surface area contributed by atoms with Crippen molar-refractivity contribution in [2.45, 2.75) is 51.5 Å². The third-order valence-corrected chi connectivity index (χ3v) is 7.46. The lowest BCUT2D eigenvalue weighted by molar-refractivity contribution is -0.123.